The van der Waals surface area contributed by atoms with Gasteiger partial charge in [0.1, 0.15) is 12.0 Å². The Morgan fingerprint density at radius 3 is 2.75 bits per heavy atom. The van der Waals surface area contributed by atoms with Gasteiger partial charge in [-0.3, -0.25) is 5.32 Å². The molecule has 0 bridgehead atoms. The monoisotopic (exact) mass is 226 g/mol. The van der Waals surface area contributed by atoms with Gasteiger partial charge in [0.05, 0.1) is 6.54 Å². The van der Waals surface area contributed by atoms with Gasteiger partial charge in [0.15, 0.2) is 0 Å². The minimum atomic E-state index is 0.0519. The van der Waals surface area contributed by atoms with Crippen molar-refractivity contribution in [3.8, 4) is 0 Å². The number of aromatic nitrogens is 2. The molecular weight excluding hydrogens is 212 g/mol. The second-order valence-electron chi connectivity index (χ2n) is 3.29. The lowest BCUT2D eigenvalue weighted by Crippen LogP contribution is -2.30. The fourth-order valence-electron chi connectivity index (χ4n) is 1.60. The minimum Gasteiger partial charge on any atom is -0.737 e. The quantitative estimate of drug-likeness (QED) is 0.410. The van der Waals surface area contributed by atoms with E-state index in [1.54, 1.807) is 0 Å². The molecule has 7 heteroatoms. The number of hydrogen-bond acceptors (Lipinski definition) is 5. The number of fused-ring (bicyclic) bond motifs is 1. The summed E-state index contributed by atoms with van der Waals surface area (Å²) in [5.41, 5.74) is 1.01. The van der Waals surface area contributed by atoms with E-state index >= 15 is 0 Å². The van der Waals surface area contributed by atoms with E-state index < -0.39 is 0 Å². The normalized spacial score (nSPS) is 10.9. The van der Waals surface area contributed by atoms with E-state index in [4.69, 9.17) is 4.42 Å². The lowest BCUT2D eigenvalue weighted by molar-refractivity contribution is -0.571. The molecule has 0 aliphatic rings. The first-order chi connectivity index (χ1) is 7.70. The number of nitrogens with zero attached hydrogens (tertiary/aromatic N) is 2. The molecule has 2 heterocycles. The second-order valence-corrected chi connectivity index (χ2v) is 3.29. The summed E-state index contributed by atoms with van der Waals surface area (Å²) < 4.78 is 6.43. The van der Waals surface area contributed by atoms with Gasteiger partial charge < -0.3 is 20.1 Å². The van der Waals surface area contributed by atoms with Crippen molar-refractivity contribution in [2.75, 3.05) is 23.7 Å². The summed E-state index contributed by atoms with van der Waals surface area (Å²) in [7, 11) is 0. The molecule has 2 rings (SSSR count). The highest BCUT2D eigenvalue weighted by Gasteiger charge is 2.25. The first-order valence-electron chi connectivity index (χ1n) is 5.13. The maximum atomic E-state index is 11.7. The predicted octanol–water partition coefficient (Wildman–Crippen LogP) is 0.969. The van der Waals surface area contributed by atoms with Gasteiger partial charge in [0.25, 0.3) is 0 Å². The molecule has 0 spiro atoms. The van der Waals surface area contributed by atoms with Crippen LogP contribution in [0.25, 0.3) is 11.2 Å². The molecule has 0 unspecified atom stereocenters. The molecule has 88 valence electrons. The summed E-state index contributed by atoms with van der Waals surface area (Å²) in [6.07, 6.45) is 1.41. The van der Waals surface area contributed by atoms with Crippen molar-refractivity contribution in [3.63, 3.8) is 0 Å². The zero-order valence-electron chi connectivity index (χ0n) is 9.15. The Labute approximate surface area is 91.8 Å². The Balaban J connectivity index is 2.60. The van der Waals surface area contributed by atoms with Crippen molar-refractivity contribution in [1.29, 1.82) is 0 Å². The number of hydrogen-bond donors (Lipinski definition) is 3. The van der Waals surface area contributed by atoms with Gasteiger partial charge >= 0.3 is 11.7 Å². The van der Waals surface area contributed by atoms with Crippen LogP contribution in [0.1, 0.15) is 13.8 Å². The highest BCUT2D eigenvalue weighted by molar-refractivity contribution is 5.84. The third-order valence-electron chi connectivity index (χ3n) is 2.24. The number of imidazole rings is 1. The van der Waals surface area contributed by atoms with E-state index in [1.165, 1.54) is 6.26 Å². The summed E-state index contributed by atoms with van der Waals surface area (Å²) in [6.45, 7) is 4.96. The SMILES string of the molecule is CCNc1coc2c1n(O)c(NCC)[n+]2[O-]. The van der Waals surface area contributed by atoms with Crippen molar-refractivity contribution < 1.29 is 14.4 Å². The van der Waals surface area contributed by atoms with Crippen LogP contribution in [0.3, 0.4) is 0 Å². The largest absolute Gasteiger partial charge is 0.737 e. The summed E-state index contributed by atoms with van der Waals surface area (Å²) in [5.74, 6) is 0.0519. The van der Waals surface area contributed by atoms with Gasteiger partial charge in [-0.15, -0.1) is 0 Å². The lowest BCUT2D eigenvalue weighted by atomic mass is 10.4. The van der Waals surface area contributed by atoms with E-state index in [2.05, 4.69) is 10.6 Å². The maximum absolute atomic E-state index is 11.7. The molecule has 0 amide bonds. The zero-order valence-corrected chi connectivity index (χ0v) is 9.15. The summed E-state index contributed by atoms with van der Waals surface area (Å²) in [4.78, 5) is 0. The average Bonchev–Trinajstić information content (AvgIpc) is 2.76. The zero-order chi connectivity index (χ0) is 11.7. The highest BCUT2D eigenvalue weighted by Crippen LogP contribution is 2.25. The van der Waals surface area contributed by atoms with Crippen molar-refractivity contribution in [2.45, 2.75) is 13.8 Å². The fourth-order valence-corrected chi connectivity index (χ4v) is 1.60. The lowest BCUT2D eigenvalue weighted by Gasteiger charge is -2.02. The molecule has 7 nitrogen and oxygen atoms in total. The molecular formula is C9H14N4O3. The van der Waals surface area contributed by atoms with Gasteiger partial charge in [-0.05, 0) is 18.6 Å². The van der Waals surface area contributed by atoms with Crippen LogP contribution in [0, 0.1) is 5.21 Å². The summed E-state index contributed by atoms with van der Waals surface area (Å²) in [5, 5.41) is 27.3. The Hall–Kier alpha value is -2.05. The summed E-state index contributed by atoms with van der Waals surface area (Å²) >= 11 is 0. The molecule has 0 aliphatic carbocycles. The van der Waals surface area contributed by atoms with E-state index in [1.807, 2.05) is 13.8 Å². The highest BCUT2D eigenvalue weighted by atomic mass is 16.5. The standard InChI is InChI=1S/C9H14N4O3/c1-3-10-6-5-16-8-7(6)12(14)9(11-4-2)13(8)15/h5,10-11,14H,3-4H2,1-2H3. The Kier molecular flexibility index (Phi) is 2.51. The fraction of sp³-hybridized carbons (Fsp3) is 0.444. The Morgan fingerprint density at radius 2 is 2.12 bits per heavy atom. The second kappa shape index (κ2) is 3.84. The maximum Gasteiger partial charge on any atom is 0.398 e. The van der Waals surface area contributed by atoms with Crippen LogP contribution in [0.4, 0.5) is 11.6 Å². The molecule has 0 atom stereocenters. The topological polar surface area (TPSA) is 89.3 Å². The van der Waals surface area contributed by atoms with Crippen LogP contribution in [0.2, 0.25) is 0 Å². The van der Waals surface area contributed by atoms with Crippen molar-refractivity contribution >= 4 is 22.9 Å². The van der Waals surface area contributed by atoms with Crippen molar-refractivity contribution in [2.24, 2.45) is 0 Å². The first-order valence-corrected chi connectivity index (χ1v) is 5.13. The van der Waals surface area contributed by atoms with Crippen LogP contribution in [-0.4, -0.2) is 23.0 Å². The first kappa shape index (κ1) is 10.5. The van der Waals surface area contributed by atoms with E-state index in [-0.39, 0.29) is 11.7 Å². The number of nitrogens with one attached hydrogen (secondary N) is 2. The van der Waals surface area contributed by atoms with Crippen LogP contribution in [0.5, 0.6) is 0 Å². The van der Waals surface area contributed by atoms with Crippen LogP contribution in [0.15, 0.2) is 10.7 Å². The van der Waals surface area contributed by atoms with E-state index in [9.17, 15) is 10.4 Å². The van der Waals surface area contributed by atoms with Gasteiger partial charge in [0, 0.05) is 6.54 Å². The molecule has 2 aromatic heterocycles. The third kappa shape index (κ3) is 1.32. The molecule has 2 aromatic rings. The number of rotatable bonds is 4. The summed E-state index contributed by atoms with van der Waals surface area (Å²) in [6, 6.07) is 0. The molecule has 3 N–H and O–H groups in total. The predicted molar refractivity (Wildman–Crippen MR) is 58.7 cm³/mol. The van der Waals surface area contributed by atoms with Crippen LogP contribution >= 0.6 is 0 Å². The van der Waals surface area contributed by atoms with Gasteiger partial charge in [-0.1, -0.05) is 0 Å². The van der Waals surface area contributed by atoms with Gasteiger partial charge in [-0.25, -0.2) is 4.73 Å². The molecule has 0 radical (unpaired) electrons. The average molecular weight is 226 g/mol. The molecule has 16 heavy (non-hydrogen) atoms. The number of furan rings is 1. The molecule has 0 saturated carbocycles. The minimum absolute atomic E-state index is 0.0519. The smallest absolute Gasteiger partial charge is 0.398 e. The van der Waals surface area contributed by atoms with Crippen LogP contribution < -0.4 is 15.4 Å². The van der Waals surface area contributed by atoms with Crippen molar-refractivity contribution in [1.82, 2.24) is 4.73 Å². The van der Waals surface area contributed by atoms with Crippen LogP contribution in [-0.2, 0) is 0 Å². The molecule has 0 fully saturated rings. The molecule has 0 aromatic carbocycles. The molecule has 0 saturated heterocycles. The van der Waals surface area contributed by atoms with E-state index in [0.29, 0.717) is 29.0 Å². The van der Waals surface area contributed by atoms with E-state index in [0.717, 1.165) is 4.73 Å². The van der Waals surface area contributed by atoms with Gasteiger partial charge in [0.2, 0.25) is 5.52 Å². The Morgan fingerprint density at radius 1 is 1.44 bits per heavy atom. The number of anilines is 2. The van der Waals surface area contributed by atoms with Gasteiger partial charge in [-0.2, -0.15) is 0 Å². The molecule has 0 aliphatic heterocycles. The third-order valence-corrected chi connectivity index (χ3v) is 2.24. The van der Waals surface area contributed by atoms with Crippen molar-refractivity contribution in [3.05, 3.63) is 11.5 Å². The Bertz CT molecular complexity index is 502.